The minimum Gasteiger partial charge on any atom is -0.493 e. The van der Waals surface area contributed by atoms with Crippen LogP contribution in [0, 0.1) is 16.7 Å². The summed E-state index contributed by atoms with van der Waals surface area (Å²) in [5.41, 5.74) is -0.287. The average molecular weight is 292 g/mol. The van der Waals surface area contributed by atoms with Crippen LogP contribution in [0.3, 0.4) is 0 Å². The van der Waals surface area contributed by atoms with E-state index in [-0.39, 0.29) is 16.9 Å². The predicted octanol–water partition coefficient (Wildman–Crippen LogP) is 3.51. The van der Waals surface area contributed by atoms with Crippen LogP contribution in [0.5, 0.6) is 5.75 Å². The normalized spacial score (nSPS) is 37.4. The van der Waals surface area contributed by atoms with Crippen LogP contribution in [-0.4, -0.2) is 22.0 Å². The highest BCUT2D eigenvalue weighted by Gasteiger charge is 2.70. The van der Waals surface area contributed by atoms with Gasteiger partial charge in [0.1, 0.15) is 11.3 Å². The molecular formula is C17H28N2O2. The molecule has 3 atom stereocenters. The van der Waals surface area contributed by atoms with Gasteiger partial charge in [-0.15, -0.1) is 0 Å². The molecule has 2 bridgehead atoms. The van der Waals surface area contributed by atoms with Gasteiger partial charge in [0.15, 0.2) is 5.75 Å². The standard InChI is InChI=1S/C17H28N2O2/c1-11(2)19-14(13(21-6)10-18-19)17(20)15(3,4)12-7-8-16(17,5)9-12/h10-12,20H,7-9H2,1-6H3. The van der Waals surface area contributed by atoms with E-state index in [1.54, 1.807) is 13.3 Å². The summed E-state index contributed by atoms with van der Waals surface area (Å²) in [7, 11) is 1.66. The fourth-order valence-corrected chi connectivity index (χ4v) is 5.08. The largest absolute Gasteiger partial charge is 0.493 e. The van der Waals surface area contributed by atoms with E-state index in [2.05, 4.69) is 39.7 Å². The van der Waals surface area contributed by atoms with Crippen LogP contribution < -0.4 is 4.74 Å². The second-order valence-corrected chi connectivity index (χ2v) is 8.03. The molecule has 4 heteroatoms. The van der Waals surface area contributed by atoms with Crippen molar-refractivity contribution in [1.29, 1.82) is 0 Å². The van der Waals surface area contributed by atoms with Gasteiger partial charge in [-0.05, 0) is 39.0 Å². The zero-order valence-electron chi connectivity index (χ0n) is 14.1. The number of rotatable bonds is 3. The van der Waals surface area contributed by atoms with Crippen molar-refractivity contribution in [2.75, 3.05) is 7.11 Å². The van der Waals surface area contributed by atoms with Gasteiger partial charge >= 0.3 is 0 Å². The summed E-state index contributed by atoms with van der Waals surface area (Å²) in [5, 5.41) is 16.4. The number of ether oxygens (including phenoxy) is 1. The molecule has 2 aliphatic carbocycles. The topological polar surface area (TPSA) is 47.3 Å². The highest BCUT2D eigenvalue weighted by atomic mass is 16.5. The lowest BCUT2D eigenvalue weighted by Gasteiger charge is -2.51. The summed E-state index contributed by atoms with van der Waals surface area (Å²) >= 11 is 0. The molecule has 3 rings (SSSR count). The number of nitrogens with zero attached hydrogens (tertiary/aromatic N) is 2. The molecular weight excluding hydrogens is 264 g/mol. The summed E-state index contributed by atoms with van der Waals surface area (Å²) < 4.78 is 7.51. The van der Waals surface area contributed by atoms with E-state index in [4.69, 9.17) is 4.74 Å². The Hall–Kier alpha value is -1.03. The average Bonchev–Trinajstić information content (AvgIpc) is 3.04. The number of aliphatic hydroxyl groups is 1. The first-order valence-electron chi connectivity index (χ1n) is 8.03. The minimum atomic E-state index is -0.894. The fourth-order valence-electron chi connectivity index (χ4n) is 5.08. The van der Waals surface area contributed by atoms with Crippen molar-refractivity contribution in [2.24, 2.45) is 16.7 Å². The molecule has 0 aliphatic heterocycles. The number of aromatic nitrogens is 2. The highest BCUT2D eigenvalue weighted by molar-refractivity contribution is 5.38. The maximum absolute atomic E-state index is 11.9. The van der Waals surface area contributed by atoms with Gasteiger partial charge in [0.2, 0.25) is 0 Å². The Labute approximate surface area is 127 Å². The molecule has 0 amide bonds. The van der Waals surface area contributed by atoms with E-state index in [1.807, 2.05) is 4.68 Å². The molecule has 4 nitrogen and oxygen atoms in total. The Kier molecular flexibility index (Phi) is 3.01. The SMILES string of the molecule is COc1cnn(C(C)C)c1C1(O)C2(C)CCC(C2)C1(C)C. The molecule has 1 aromatic rings. The lowest BCUT2D eigenvalue weighted by molar-refractivity contribution is -0.157. The molecule has 21 heavy (non-hydrogen) atoms. The lowest BCUT2D eigenvalue weighted by atomic mass is 9.59. The Bertz CT molecular complexity index is 556. The zero-order valence-corrected chi connectivity index (χ0v) is 14.1. The summed E-state index contributed by atoms with van der Waals surface area (Å²) in [6.07, 6.45) is 5.12. The third-order valence-corrected chi connectivity index (χ3v) is 6.38. The second-order valence-electron chi connectivity index (χ2n) is 8.03. The molecule has 2 fully saturated rings. The van der Waals surface area contributed by atoms with E-state index in [1.165, 1.54) is 6.42 Å². The number of hydrogen-bond donors (Lipinski definition) is 1. The molecule has 0 aromatic carbocycles. The van der Waals surface area contributed by atoms with Gasteiger partial charge in [-0.1, -0.05) is 20.8 Å². The highest BCUT2D eigenvalue weighted by Crippen LogP contribution is 2.72. The van der Waals surface area contributed by atoms with Gasteiger partial charge < -0.3 is 9.84 Å². The van der Waals surface area contributed by atoms with E-state index in [0.29, 0.717) is 11.7 Å². The third kappa shape index (κ3) is 1.57. The Morgan fingerprint density at radius 2 is 2.05 bits per heavy atom. The van der Waals surface area contributed by atoms with Crippen LogP contribution in [0.2, 0.25) is 0 Å². The van der Waals surface area contributed by atoms with Crippen LogP contribution in [0.25, 0.3) is 0 Å². The molecule has 2 saturated carbocycles. The van der Waals surface area contributed by atoms with Gasteiger partial charge in [0.25, 0.3) is 0 Å². The van der Waals surface area contributed by atoms with Crippen molar-refractivity contribution in [3.63, 3.8) is 0 Å². The maximum Gasteiger partial charge on any atom is 0.162 e. The molecule has 3 unspecified atom stereocenters. The van der Waals surface area contributed by atoms with Gasteiger partial charge in [-0.3, -0.25) is 4.68 Å². The van der Waals surface area contributed by atoms with E-state index >= 15 is 0 Å². The van der Waals surface area contributed by atoms with Crippen molar-refractivity contribution < 1.29 is 9.84 Å². The molecule has 0 spiro atoms. The number of hydrogen-bond acceptors (Lipinski definition) is 3. The molecule has 0 saturated heterocycles. The first-order chi connectivity index (χ1) is 9.69. The van der Waals surface area contributed by atoms with Crippen LogP contribution in [0.1, 0.15) is 65.6 Å². The van der Waals surface area contributed by atoms with Crippen molar-refractivity contribution in [3.05, 3.63) is 11.9 Å². The van der Waals surface area contributed by atoms with Crippen molar-refractivity contribution in [3.8, 4) is 5.75 Å². The Balaban J connectivity index is 2.26. The smallest absolute Gasteiger partial charge is 0.162 e. The first-order valence-corrected chi connectivity index (χ1v) is 8.03. The third-order valence-electron chi connectivity index (χ3n) is 6.38. The molecule has 1 aromatic heterocycles. The second kappa shape index (κ2) is 4.25. The van der Waals surface area contributed by atoms with Crippen LogP contribution >= 0.6 is 0 Å². The molecule has 1 N–H and O–H groups in total. The first kappa shape index (κ1) is 14.9. The molecule has 2 aliphatic rings. The summed E-state index contributed by atoms with van der Waals surface area (Å²) in [4.78, 5) is 0. The summed E-state index contributed by atoms with van der Waals surface area (Å²) in [6, 6.07) is 0.200. The van der Waals surface area contributed by atoms with E-state index < -0.39 is 5.60 Å². The maximum atomic E-state index is 11.9. The lowest BCUT2D eigenvalue weighted by Crippen LogP contribution is -2.52. The number of methoxy groups -OCH3 is 1. The van der Waals surface area contributed by atoms with E-state index in [9.17, 15) is 5.11 Å². The Morgan fingerprint density at radius 1 is 1.38 bits per heavy atom. The van der Waals surface area contributed by atoms with Crippen LogP contribution in [0.15, 0.2) is 6.20 Å². The quantitative estimate of drug-likeness (QED) is 0.927. The summed E-state index contributed by atoms with van der Waals surface area (Å²) in [5.74, 6) is 1.28. The van der Waals surface area contributed by atoms with Crippen molar-refractivity contribution >= 4 is 0 Å². The zero-order chi connectivity index (χ0) is 15.6. The molecule has 1 heterocycles. The Morgan fingerprint density at radius 3 is 2.52 bits per heavy atom. The predicted molar refractivity (Wildman–Crippen MR) is 82.3 cm³/mol. The van der Waals surface area contributed by atoms with Gasteiger partial charge in [-0.25, -0.2) is 0 Å². The summed E-state index contributed by atoms with van der Waals surface area (Å²) in [6.45, 7) is 10.8. The number of fused-ring (bicyclic) bond motifs is 2. The van der Waals surface area contributed by atoms with Crippen LogP contribution in [-0.2, 0) is 5.60 Å². The van der Waals surface area contributed by atoms with Gasteiger partial charge in [0, 0.05) is 16.9 Å². The van der Waals surface area contributed by atoms with Crippen molar-refractivity contribution in [1.82, 2.24) is 9.78 Å². The van der Waals surface area contributed by atoms with Gasteiger partial charge in [0.05, 0.1) is 13.3 Å². The molecule has 118 valence electrons. The monoisotopic (exact) mass is 292 g/mol. The van der Waals surface area contributed by atoms with Crippen molar-refractivity contribution in [2.45, 2.75) is 65.5 Å². The fraction of sp³-hybridized carbons (Fsp3) is 0.824. The minimum absolute atomic E-state index is 0.0961. The van der Waals surface area contributed by atoms with Crippen LogP contribution in [0.4, 0.5) is 0 Å². The molecule has 0 radical (unpaired) electrons. The van der Waals surface area contributed by atoms with Gasteiger partial charge in [-0.2, -0.15) is 5.10 Å². The van der Waals surface area contributed by atoms with E-state index in [0.717, 1.165) is 18.5 Å².